The third-order valence-corrected chi connectivity index (χ3v) is 2.44. The largest absolute Gasteiger partial charge is 0.440 e. The number of benzene rings is 1. The van der Waals surface area contributed by atoms with E-state index >= 15 is 0 Å². The maximum Gasteiger partial charge on any atom is 0.260 e. The first-order valence-corrected chi connectivity index (χ1v) is 4.77. The standard InChI is InChI=1S/C10H6N2OS/c11-7-8-2-1-3-9(6-8)14-10-12-4-5-13-10/h1-6H. The fourth-order valence-electron chi connectivity index (χ4n) is 0.991. The molecule has 68 valence electrons. The molecule has 0 aliphatic carbocycles. The van der Waals surface area contributed by atoms with Crippen LogP contribution in [0.1, 0.15) is 5.56 Å². The second-order valence-corrected chi connectivity index (χ2v) is 3.56. The zero-order chi connectivity index (χ0) is 9.80. The highest BCUT2D eigenvalue weighted by Crippen LogP contribution is 2.26. The van der Waals surface area contributed by atoms with Crippen LogP contribution in [0, 0.1) is 11.3 Å². The normalized spacial score (nSPS) is 9.64. The Morgan fingerprint density at radius 2 is 2.36 bits per heavy atom. The summed E-state index contributed by atoms with van der Waals surface area (Å²) in [5.74, 6) is 0. The number of oxazole rings is 1. The molecule has 0 amide bonds. The van der Waals surface area contributed by atoms with Crippen LogP contribution in [-0.2, 0) is 0 Å². The lowest BCUT2D eigenvalue weighted by molar-refractivity contribution is 0.454. The summed E-state index contributed by atoms with van der Waals surface area (Å²) in [4.78, 5) is 4.93. The molecule has 2 aromatic rings. The van der Waals surface area contributed by atoms with E-state index in [1.54, 1.807) is 18.3 Å². The van der Waals surface area contributed by atoms with Crippen molar-refractivity contribution >= 4 is 11.8 Å². The van der Waals surface area contributed by atoms with Gasteiger partial charge in [0.05, 0.1) is 17.8 Å². The molecule has 0 N–H and O–H groups in total. The molecule has 2 rings (SSSR count). The number of nitrogens with zero attached hydrogens (tertiary/aromatic N) is 2. The summed E-state index contributed by atoms with van der Waals surface area (Å²) in [6.45, 7) is 0. The lowest BCUT2D eigenvalue weighted by Gasteiger charge is -1.96. The van der Waals surface area contributed by atoms with Gasteiger partial charge in [-0.2, -0.15) is 5.26 Å². The Balaban J connectivity index is 2.22. The van der Waals surface area contributed by atoms with E-state index in [4.69, 9.17) is 9.68 Å². The van der Waals surface area contributed by atoms with Gasteiger partial charge in [0.25, 0.3) is 5.22 Å². The molecular formula is C10H6N2OS. The van der Waals surface area contributed by atoms with Gasteiger partial charge in [0.2, 0.25) is 0 Å². The topological polar surface area (TPSA) is 49.8 Å². The number of hydrogen-bond donors (Lipinski definition) is 0. The van der Waals surface area contributed by atoms with Crippen molar-refractivity contribution in [2.24, 2.45) is 0 Å². The smallest absolute Gasteiger partial charge is 0.260 e. The molecular weight excluding hydrogens is 196 g/mol. The van der Waals surface area contributed by atoms with Crippen molar-refractivity contribution in [3.8, 4) is 6.07 Å². The summed E-state index contributed by atoms with van der Waals surface area (Å²) >= 11 is 1.39. The second kappa shape index (κ2) is 3.99. The van der Waals surface area contributed by atoms with Gasteiger partial charge in [-0.3, -0.25) is 0 Å². The number of rotatable bonds is 2. The van der Waals surface area contributed by atoms with Gasteiger partial charge in [0, 0.05) is 4.90 Å². The molecule has 0 spiro atoms. The van der Waals surface area contributed by atoms with E-state index < -0.39 is 0 Å². The highest BCUT2D eigenvalue weighted by atomic mass is 32.2. The first-order valence-electron chi connectivity index (χ1n) is 3.96. The van der Waals surface area contributed by atoms with Crippen molar-refractivity contribution in [1.29, 1.82) is 5.26 Å². The maximum atomic E-state index is 8.69. The fraction of sp³-hybridized carbons (Fsp3) is 0. The zero-order valence-corrected chi connectivity index (χ0v) is 7.99. The minimum absolute atomic E-state index is 0.583. The summed E-state index contributed by atoms with van der Waals surface area (Å²) < 4.78 is 5.08. The predicted octanol–water partition coefficient (Wildman–Crippen LogP) is 2.70. The zero-order valence-electron chi connectivity index (χ0n) is 7.18. The van der Waals surface area contributed by atoms with Crippen LogP contribution in [-0.4, -0.2) is 4.98 Å². The SMILES string of the molecule is N#Cc1cccc(Sc2ncco2)c1. The van der Waals surface area contributed by atoms with E-state index in [2.05, 4.69) is 11.1 Å². The number of hydrogen-bond acceptors (Lipinski definition) is 4. The Morgan fingerprint density at radius 1 is 1.43 bits per heavy atom. The third kappa shape index (κ3) is 1.95. The summed E-state index contributed by atoms with van der Waals surface area (Å²) in [6, 6.07) is 9.40. The molecule has 0 atom stereocenters. The minimum atomic E-state index is 0.583. The van der Waals surface area contributed by atoms with Crippen LogP contribution in [0.4, 0.5) is 0 Å². The molecule has 0 saturated heterocycles. The molecule has 0 aliphatic heterocycles. The molecule has 0 radical (unpaired) electrons. The number of nitriles is 1. The van der Waals surface area contributed by atoms with E-state index in [-0.39, 0.29) is 0 Å². The molecule has 0 bridgehead atoms. The lowest BCUT2D eigenvalue weighted by atomic mass is 10.2. The van der Waals surface area contributed by atoms with Gasteiger partial charge in [0.1, 0.15) is 6.26 Å². The van der Waals surface area contributed by atoms with Crippen LogP contribution in [0.2, 0.25) is 0 Å². The van der Waals surface area contributed by atoms with Crippen LogP contribution >= 0.6 is 11.8 Å². The molecule has 0 aliphatic rings. The van der Waals surface area contributed by atoms with Crippen LogP contribution in [0.15, 0.2) is 51.3 Å². The molecule has 3 nitrogen and oxygen atoms in total. The molecule has 1 heterocycles. The van der Waals surface area contributed by atoms with Crippen molar-refractivity contribution in [2.45, 2.75) is 10.1 Å². The summed E-state index contributed by atoms with van der Waals surface area (Å²) in [6.07, 6.45) is 3.12. The van der Waals surface area contributed by atoms with E-state index in [1.165, 1.54) is 18.0 Å². The van der Waals surface area contributed by atoms with Crippen molar-refractivity contribution < 1.29 is 4.42 Å². The van der Waals surface area contributed by atoms with E-state index in [0.717, 1.165) is 4.90 Å². The highest BCUT2D eigenvalue weighted by molar-refractivity contribution is 7.99. The summed E-state index contributed by atoms with van der Waals surface area (Å²) in [5, 5.41) is 9.27. The summed E-state index contributed by atoms with van der Waals surface area (Å²) in [5.41, 5.74) is 0.640. The van der Waals surface area contributed by atoms with E-state index in [9.17, 15) is 0 Å². The van der Waals surface area contributed by atoms with Gasteiger partial charge in [-0.1, -0.05) is 6.07 Å². The Morgan fingerprint density at radius 3 is 3.07 bits per heavy atom. The minimum Gasteiger partial charge on any atom is -0.440 e. The van der Waals surface area contributed by atoms with Crippen molar-refractivity contribution in [1.82, 2.24) is 4.98 Å². The maximum absolute atomic E-state index is 8.69. The van der Waals surface area contributed by atoms with Crippen LogP contribution in [0.25, 0.3) is 0 Å². The predicted molar refractivity (Wildman–Crippen MR) is 51.8 cm³/mol. The molecule has 1 aromatic carbocycles. The molecule has 0 unspecified atom stereocenters. The second-order valence-electron chi connectivity index (χ2n) is 2.54. The molecule has 0 saturated carbocycles. The van der Waals surface area contributed by atoms with Crippen molar-refractivity contribution in [3.05, 3.63) is 42.3 Å². The van der Waals surface area contributed by atoms with Crippen LogP contribution in [0.3, 0.4) is 0 Å². The first kappa shape index (κ1) is 8.85. The van der Waals surface area contributed by atoms with E-state index in [0.29, 0.717) is 10.8 Å². The van der Waals surface area contributed by atoms with Crippen LogP contribution in [0.5, 0.6) is 0 Å². The highest BCUT2D eigenvalue weighted by Gasteiger charge is 2.01. The Bertz CT molecular complexity index is 459. The van der Waals surface area contributed by atoms with Gasteiger partial charge >= 0.3 is 0 Å². The van der Waals surface area contributed by atoms with Gasteiger partial charge in [0.15, 0.2) is 0 Å². The van der Waals surface area contributed by atoms with Gasteiger partial charge in [-0.15, -0.1) is 0 Å². The van der Waals surface area contributed by atoms with Gasteiger partial charge in [-0.05, 0) is 30.0 Å². The molecule has 4 heteroatoms. The molecule has 1 aromatic heterocycles. The third-order valence-electron chi connectivity index (χ3n) is 1.58. The van der Waals surface area contributed by atoms with Crippen molar-refractivity contribution in [2.75, 3.05) is 0 Å². The first-order chi connectivity index (χ1) is 6.88. The average Bonchev–Trinajstić information content (AvgIpc) is 2.71. The van der Waals surface area contributed by atoms with Gasteiger partial charge in [-0.25, -0.2) is 4.98 Å². The van der Waals surface area contributed by atoms with E-state index in [1.807, 2.05) is 12.1 Å². The summed E-state index contributed by atoms with van der Waals surface area (Å²) in [7, 11) is 0. The Hall–Kier alpha value is -1.73. The van der Waals surface area contributed by atoms with Crippen molar-refractivity contribution in [3.63, 3.8) is 0 Å². The molecule has 14 heavy (non-hydrogen) atoms. The molecule has 0 fully saturated rings. The Labute approximate surface area is 85.4 Å². The van der Waals surface area contributed by atoms with Gasteiger partial charge < -0.3 is 4.42 Å². The van der Waals surface area contributed by atoms with Crippen LogP contribution < -0.4 is 0 Å². The Kier molecular flexibility index (Phi) is 2.52. The average molecular weight is 202 g/mol. The fourth-order valence-corrected chi connectivity index (χ4v) is 1.74. The number of aromatic nitrogens is 1. The quantitative estimate of drug-likeness (QED) is 0.751. The monoisotopic (exact) mass is 202 g/mol. The lowest BCUT2D eigenvalue weighted by Crippen LogP contribution is -1.76.